The van der Waals surface area contributed by atoms with E-state index in [1.165, 1.54) is 5.56 Å². The van der Waals surface area contributed by atoms with Crippen LogP contribution in [-0.2, 0) is 12.8 Å². The summed E-state index contributed by atoms with van der Waals surface area (Å²) in [5, 5.41) is 2.97. The average Bonchev–Trinajstić information content (AvgIpc) is 2.78. The van der Waals surface area contributed by atoms with Gasteiger partial charge >= 0.3 is 0 Å². The zero-order valence-corrected chi connectivity index (χ0v) is 16.9. The number of fused-ring (bicyclic) bond motifs is 1. The fourth-order valence-corrected chi connectivity index (χ4v) is 4.20. The average molecular weight is 388 g/mol. The molecule has 2 aromatic heterocycles. The Kier molecular flexibility index (Phi) is 5.25. The number of nitroso groups, excluding NO2 is 1. The first-order valence-electron chi connectivity index (χ1n) is 9.86. The van der Waals surface area contributed by atoms with Crippen LogP contribution in [0.1, 0.15) is 36.6 Å². The van der Waals surface area contributed by atoms with E-state index in [-0.39, 0.29) is 11.9 Å². The number of methoxy groups -OCH3 is 1. The van der Waals surface area contributed by atoms with E-state index in [4.69, 9.17) is 4.74 Å². The zero-order valence-electron chi connectivity index (χ0n) is 16.9. The fourth-order valence-electron chi connectivity index (χ4n) is 4.20. The van der Waals surface area contributed by atoms with Crippen molar-refractivity contribution < 1.29 is 4.74 Å². The molecule has 0 spiro atoms. The third-order valence-corrected chi connectivity index (χ3v) is 5.71. The Morgan fingerprint density at radius 2 is 2.03 bits per heavy atom. The quantitative estimate of drug-likeness (QED) is 0.559. The molecule has 0 radical (unpaired) electrons. The molecular formula is C23H24N4O2. The minimum atomic E-state index is 0.146. The van der Waals surface area contributed by atoms with Gasteiger partial charge in [0.2, 0.25) is 0 Å². The summed E-state index contributed by atoms with van der Waals surface area (Å²) in [6, 6.07) is 10.4. The number of rotatable bonds is 5. The van der Waals surface area contributed by atoms with E-state index in [9.17, 15) is 4.91 Å². The highest BCUT2D eigenvalue weighted by atomic mass is 16.5. The third-order valence-electron chi connectivity index (χ3n) is 5.71. The number of ether oxygens (including phenoxy) is 1. The van der Waals surface area contributed by atoms with E-state index >= 15 is 0 Å². The molecule has 4 rings (SSSR count). The third kappa shape index (κ3) is 3.46. The van der Waals surface area contributed by atoms with Gasteiger partial charge in [-0.25, -0.2) is 4.98 Å². The molecule has 148 valence electrons. The largest absolute Gasteiger partial charge is 0.496 e. The number of hydrogen-bond acceptors (Lipinski definition) is 6. The molecule has 29 heavy (non-hydrogen) atoms. The molecule has 1 aliphatic heterocycles. The van der Waals surface area contributed by atoms with Crippen LogP contribution in [0.2, 0.25) is 0 Å². The Morgan fingerprint density at radius 3 is 2.72 bits per heavy atom. The SMILES string of the molecule is CCc1cc(N2CCc3cc(N=O)ncc3C2C)cc(OC)c1-c1ccncc1. The normalized spacial score (nSPS) is 15.7. The number of nitrogens with zero attached hydrogens (tertiary/aromatic N) is 4. The zero-order chi connectivity index (χ0) is 20.4. The maximum Gasteiger partial charge on any atom is 0.196 e. The van der Waals surface area contributed by atoms with Gasteiger partial charge in [0.1, 0.15) is 5.75 Å². The van der Waals surface area contributed by atoms with Gasteiger partial charge in [0, 0.05) is 42.5 Å². The van der Waals surface area contributed by atoms with Gasteiger partial charge in [-0.3, -0.25) is 4.98 Å². The Balaban J connectivity index is 1.76. The number of anilines is 1. The summed E-state index contributed by atoms with van der Waals surface area (Å²) in [7, 11) is 1.72. The number of hydrogen-bond donors (Lipinski definition) is 0. The van der Waals surface area contributed by atoms with Crippen LogP contribution in [0.5, 0.6) is 5.75 Å². The lowest BCUT2D eigenvalue weighted by atomic mass is 9.92. The molecule has 0 fully saturated rings. The Bertz CT molecular complexity index is 1010. The Morgan fingerprint density at radius 1 is 1.24 bits per heavy atom. The lowest BCUT2D eigenvalue weighted by Crippen LogP contribution is -2.34. The highest BCUT2D eigenvalue weighted by Gasteiger charge is 2.26. The van der Waals surface area contributed by atoms with Crippen molar-refractivity contribution in [3.63, 3.8) is 0 Å². The van der Waals surface area contributed by atoms with Gasteiger partial charge in [-0.1, -0.05) is 6.92 Å². The number of benzene rings is 1. The first-order chi connectivity index (χ1) is 14.2. The fraction of sp³-hybridized carbons (Fsp3) is 0.304. The van der Waals surface area contributed by atoms with Crippen molar-refractivity contribution >= 4 is 11.5 Å². The second-order valence-corrected chi connectivity index (χ2v) is 7.22. The van der Waals surface area contributed by atoms with Crippen LogP contribution in [0, 0.1) is 4.91 Å². The molecule has 0 saturated heterocycles. The standard InChI is InChI=1S/C23H24N4O2/c1-4-16-11-19(13-21(29-3)23(16)17-5-8-24-9-6-17)27-10-7-18-12-22(26-28)25-14-20(18)15(27)2/h5-6,8-9,11-15H,4,7,10H2,1-3H3. The number of pyridine rings is 2. The molecule has 0 amide bonds. The van der Waals surface area contributed by atoms with Gasteiger partial charge < -0.3 is 9.64 Å². The van der Waals surface area contributed by atoms with Crippen LogP contribution in [0.15, 0.2) is 54.1 Å². The summed E-state index contributed by atoms with van der Waals surface area (Å²) < 4.78 is 5.80. The lowest BCUT2D eigenvalue weighted by Gasteiger charge is -2.37. The smallest absolute Gasteiger partial charge is 0.196 e. The Hall–Kier alpha value is -3.28. The summed E-state index contributed by atoms with van der Waals surface area (Å²) in [5.41, 5.74) is 6.88. The molecule has 1 atom stereocenters. The van der Waals surface area contributed by atoms with Gasteiger partial charge in [0.15, 0.2) is 5.82 Å². The molecule has 1 unspecified atom stereocenters. The van der Waals surface area contributed by atoms with Crippen molar-refractivity contribution in [1.29, 1.82) is 0 Å². The molecule has 1 aromatic carbocycles. The second kappa shape index (κ2) is 7.99. The van der Waals surface area contributed by atoms with E-state index in [0.29, 0.717) is 0 Å². The first kappa shape index (κ1) is 19.1. The highest BCUT2D eigenvalue weighted by molar-refractivity contribution is 5.77. The van der Waals surface area contributed by atoms with E-state index in [2.05, 4.69) is 46.0 Å². The van der Waals surface area contributed by atoms with Crippen LogP contribution in [0.3, 0.4) is 0 Å². The minimum Gasteiger partial charge on any atom is -0.496 e. The number of aryl methyl sites for hydroxylation is 1. The summed E-state index contributed by atoms with van der Waals surface area (Å²) in [5.74, 6) is 1.11. The van der Waals surface area contributed by atoms with E-state index < -0.39 is 0 Å². The molecular weight excluding hydrogens is 364 g/mol. The minimum absolute atomic E-state index is 0.146. The van der Waals surface area contributed by atoms with Crippen LogP contribution >= 0.6 is 0 Å². The van der Waals surface area contributed by atoms with Crippen molar-refractivity contribution in [3.8, 4) is 16.9 Å². The van der Waals surface area contributed by atoms with Gasteiger partial charge in [0.05, 0.1) is 13.2 Å². The number of aromatic nitrogens is 2. The van der Waals surface area contributed by atoms with Crippen molar-refractivity contribution in [2.75, 3.05) is 18.6 Å². The van der Waals surface area contributed by atoms with Crippen LogP contribution < -0.4 is 9.64 Å². The highest BCUT2D eigenvalue weighted by Crippen LogP contribution is 2.41. The van der Waals surface area contributed by atoms with Gasteiger partial charge in [-0.15, -0.1) is 4.91 Å². The first-order valence-corrected chi connectivity index (χ1v) is 9.86. The predicted molar refractivity (Wildman–Crippen MR) is 115 cm³/mol. The van der Waals surface area contributed by atoms with Crippen molar-refractivity contribution in [2.45, 2.75) is 32.7 Å². The molecule has 6 heteroatoms. The Labute approximate surface area is 170 Å². The van der Waals surface area contributed by atoms with E-state index in [0.717, 1.165) is 53.1 Å². The molecule has 0 N–H and O–H groups in total. The maximum absolute atomic E-state index is 10.8. The van der Waals surface area contributed by atoms with E-state index in [1.807, 2.05) is 12.1 Å². The van der Waals surface area contributed by atoms with E-state index in [1.54, 1.807) is 31.8 Å². The summed E-state index contributed by atoms with van der Waals surface area (Å²) >= 11 is 0. The molecule has 0 aliphatic carbocycles. The van der Waals surface area contributed by atoms with Crippen molar-refractivity contribution in [1.82, 2.24) is 9.97 Å². The molecule has 0 saturated carbocycles. The summed E-state index contributed by atoms with van der Waals surface area (Å²) in [6.45, 7) is 5.19. The van der Waals surface area contributed by atoms with Crippen LogP contribution in [-0.4, -0.2) is 23.6 Å². The lowest BCUT2D eigenvalue weighted by molar-refractivity contribution is 0.415. The molecule has 3 heterocycles. The maximum atomic E-state index is 10.8. The monoisotopic (exact) mass is 388 g/mol. The van der Waals surface area contributed by atoms with Crippen LogP contribution in [0.4, 0.5) is 11.5 Å². The van der Waals surface area contributed by atoms with Gasteiger partial charge in [-0.2, -0.15) is 0 Å². The van der Waals surface area contributed by atoms with Gasteiger partial charge in [0.25, 0.3) is 0 Å². The van der Waals surface area contributed by atoms with Crippen molar-refractivity contribution in [2.24, 2.45) is 5.18 Å². The summed E-state index contributed by atoms with van der Waals surface area (Å²) in [6.07, 6.45) is 7.14. The molecule has 1 aliphatic rings. The summed E-state index contributed by atoms with van der Waals surface area (Å²) in [4.78, 5) is 21.5. The molecule has 0 bridgehead atoms. The predicted octanol–water partition coefficient (Wildman–Crippen LogP) is 5.24. The van der Waals surface area contributed by atoms with Crippen molar-refractivity contribution in [3.05, 3.63) is 70.5 Å². The molecule has 6 nitrogen and oxygen atoms in total. The molecule has 3 aromatic rings. The topological polar surface area (TPSA) is 67.7 Å². The van der Waals surface area contributed by atoms with Crippen LogP contribution in [0.25, 0.3) is 11.1 Å². The second-order valence-electron chi connectivity index (χ2n) is 7.22. The van der Waals surface area contributed by atoms with Gasteiger partial charge in [-0.05, 0) is 71.5 Å².